The summed E-state index contributed by atoms with van der Waals surface area (Å²) < 4.78 is 29.2. The number of methoxy groups -OCH3 is 1. The Labute approximate surface area is 146 Å². The van der Waals surface area contributed by atoms with E-state index in [0.29, 0.717) is 23.3 Å². The van der Waals surface area contributed by atoms with E-state index in [1.165, 1.54) is 12.6 Å². The molecule has 0 radical (unpaired) electrons. The van der Waals surface area contributed by atoms with Gasteiger partial charge in [0.15, 0.2) is 9.84 Å². The molecule has 25 heavy (non-hydrogen) atoms. The molecule has 0 fully saturated rings. The number of benzene rings is 2. The van der Waals surface area contributed by atoms with Crippen molar-refractivity contribution in [2.45, 2.75) is 11.0 Å². The molecular formula is C18H19N3O3S. The van der Waals surface area contributed by atoms with Gasteiger partial charge in [0.25, 0.3) is 0 Å². The fraction of sp³-hybridized carbons (Fsp3) is 0.222. The van der Waals surface area contributed by atoms with E-state index in [1.807, 2.05) is 30.3 Å². The fourth-order valence-electron chi connectivity index (χ4n) is 2.60. The highest BCUT2D eigenvalue weighted by Gasteiger charge is 2.13. The standard InChI is InChI=1S/C18H19N3O3S/c1-24-17(13-6-4-3-5-7-13)11-19-18-15-10-14(25(2,22)23)8-9-16(15)20-12-21-18/h3-10,12,17H,11H2,1-2H3,(H,19,20,21). The molecule has 1 atom stereocenters. The van der Waals surface area contributed by atoms with Crippen molar-refractivity contribution in [1.29, 1.82) is 0 Å². The van der Waals surface area contributed by atoms with Gasteiger partial charge in [-0.05, 0) is 23.8 Å². The van der Waals surface area contributed by atoms with Crippen molar-refractivity contribution >= 4 is 26.6 Å². The Hall–Kier alpha value is -2.51. The molecule has 0 aliphatic carbocycles. The number of hydrogen-bond acceptors (Lipinski definition) is 6. The van der Waals surface area contributed by atoms with Gasteiger partial charge < -0.3 is 10.1 Å². The molecule has 6 nitrogen and oxygen atoms in total. The second kappa shape index (κ2) is 7.16. The molecule has 0 saturated carbocycles. The quantitative estimate of drug-likeness (QED) is 0.731. The predicted octanol–water partition coefficient (Wildman–Crippen LogP) is 2.83. The maximum atomic E-state index is 11.8. The minimum absolute atomic E-state index is 0.149. The highest BCUT2D eigenvalue weighted by molar-refractivity contribution is 7.90. The van der Waals surface area contributed by atoms with Gasteiger partial charge in [0.05, 0.1) is 16.5 Å². The lowest BCUT2D eigenvalue weighted by Crippen LogP contribution is -2.15. The third-order valence-electron chi connectivity index (χ3n) is 3.95. The summed E-state index contributed by atoms with van der Waals surface area (Å²) in [6.07, 6.45) is 2.49. The van der Waals surface area contributed by atoms with Crippen molar-refractivity contribution in [3.05, 3.63) is 60.4 Å². The van der Waals surface area contributed by atoms with Crippen LogP contribution < -0.4 is 5.32 Å². The number of fused-ring (bicyclic) bond motifs is 1. The van der Waals surface area contributed by atoms with E-state index in [-0.39, 0.29) is 11.0 Å². The lowest BCUT2D eigenvalue weighted by Gasteiger charge is -2.17. The monoisotopic (exact) mass is 357 g/mol. The summed E-state index contributed by atoms with van der Waals surface area (Å²) in [6, 6.07) is 14.7. The SMILES string of the molecule is COC(CNc1ncnc2ccc(S(C)(=O)=O)cc12)c1ccccc1. The van der Waals surface area contributed by atoms with Crippen LogP contribution in [-0.4, -0.2) is 38.3 Å². The third kappa shape index (κ3) is 3.94. The summed E-state index contributed by atoms with van der Waals surface area (Å²) in [4.78, 5) is 8.69. The van der Waals surface area contributed by atoms with Crippen LogP contribution in [0.3, 0.4) is 0 Å². The molecule has 3 rings (SSSR count). The van der Waals surface area contributed by atoms with Crippen LogP contribution in [-0.2, 0) is 14.6 Å². The first kappa shape index (κ1) is 17.3. The van der Waals surface area contributed by atoms with Crippen LogP contribution in [0.5, 0.6) is 0 Å². The van der Waals surface area contributed by atoms with E-state index in [4.69, 9.17) is 4.74 Å². The van der Waals surface area contributed by atoms with E-state index in [1.54, 1.807) is 25.3 Å². The lowest BCUT2D eigenvalue weighted by atomic mass is 10.1. The van der Waals surface area contributed by atoms with Crippen LogP contribution in [0.4, 0.5) is 5.82 Å². The molecule has 1 N–H and O–H groups in total. The molecule has 7 heteroatoms. The zero-order chi connectivity index (χ0) is 17.9. The molecule has 0 aliphatic rings. The molecule has 2 aromatic carbocycles. The van der Waals surface area contributed by atoms with Gasteiger partial charge in [0, 0.05) is 25.3 Å². The van der Waals surface area contributed by atoms with Gasteiger partial charge in [-0.25, -0.2) is 18.4 Å². The number of anilines is 1. The molecule has 0 saturated heterocycles. The van der Waals surface area contributed by atoms with E-state index < -0.39 is 9.84 Å². The molecule has 0 aliphatic heterocycles. The number of nitrogens with one attached hydrogen (secondary N) is 1. The minimum Gasteiger partial charge on any atom is -0.375 e. The van der Waals surface area contributed by atoms with Crippen LogP contribution >= 0.6 is 0 Å². The topological polar surface area (TPSA) is 81.2 Å². The number of aromatic nitrogens is 2. The van der Waals surface area contributed by atoms with Crippen LogP contribution in [0.25, 0.3) is 10.9 Å². The maximum absolute atomic E-state index is 11.8. The molecule has 0 spiro atoms. The van der Waals surface area contributed by atoms with Crippen LogP contribution in [0.1, 0.15) is 11.7 Å². The average molecular weight is 357 g/mol. The zero-order valence-electron chi connectivity index (χ0n) is 14.0. The Balaban J connectivity index is 1.90. The molecule has 0 amide bonds. The van der Waals surface area contributed by atoms with E-state index >= 15 is 0 Å². The van der Waals surface area contributed by atoms with E-state index in [2.05, 4.69) is 15.3 Å². The number of rotatable bonds is 6. The van der Waals surface area contributed by atoms with E-state index in [0.717, 1.165) is 5.56 Å². The number of nitrogens with zero attached hydrogens (tertiary/aromatic N) is 2. The summed E-state index contributed by atoms with van der Waals surface area (Å²) in [5.41, 5.74) is 1.73. The first-order chi connectivity index (χ1) is 12.0. The summed E-state index contributed by atoms with van der Waals surface area (Å²) >= 11 is 0. The normalized spacial score (nSPS) is 12.9. The number of ether oxygens (including phenoxy) is 1. The highest BCUT2D eigenvalue weighted by Crippen LogP contribution is 2.24. The summed E-state index contributed by atoms with van der Waals surface area (Å²) in [6.45, 7) is 0.496. The maximum Gasteiger partial charge on any atom is 0.175 e. The van der Waals surface area contributed by atoms with Crippen molar-refractivity contribution in [1.82, 2.24) is 9.97 Å². The second-order valence-corrected chi connectivity index (χ2v) is 7.71. The van der Waals surface area contributed by atoms with Crippen molar-refractivity contribution < 1.29 is 13.2 Å². The van der Waals surface area contributed by atoms with Crippen molar-refractivity contribution in [2.24, 2.45) is 0 Å². The largest absolute Gasteiger partial charge is 0.375 e. The molecule has 0 bridgehead atoms. The van der Waals surface area contributed by atoms with Gasteiger partial charge in [-0.1, -0.05) is 30.3 Å². The molecule has 1 heterocycles. The first-order valence-corrected chi connectivity index (χ1v) is 9.64. The van der Waals surface area contributed by atoms with Gasteiger partial charge in [0.2, 0.25) is 0 Å². The van der Waals surface area contributed by atoms with Crippen molar-refractivity contribution in [3.8, 4) is 0 Å². The molecule has 130 valence electrons. The van der Waals surface area contributed by atoms with E-state index in [9.17, 15) is 8.42 Å². The first-order valence-electron chi connectivity index (χ1n) is 7.75. The fourth-order valence-corrected chi connectivity index (χ4v) is 3.25. The second-order valence-electron chi connectivity index (χ2n) is 5.69. The van der Waals surface area contributed by atoms with Gasteiger partial charge in [0.1, 0.15) is 12.1 Å². The van der Waals surface area contributed by atoms with Crippen molar-refractivity contribution in [3.63, 3.8) is 0 Å². The van der Waals surface area contributed by atoms with Crippen LogP contribution in [0, 0.1) is 0 Å². The predicted molar refractivity (Wildman–Crippen MR) is 97.3 cm³/mol. The lowest BCUT2D eigenvalue weighted by molar-refractivity contribution is 0.114. The summed E-state index contributed by atoms with van der Waals surface area (Å²) in [5.74, 6) is 0.577. The molecule has 1 unspecified atom stereocenters. The Bertz CT molecular complexity index is 975. The van der Waals surface area contributed by atoms with Crippen LogP contribution in [0.15, 0.2) is 59.8 Å². The molecule has 3 aromatic rings. The smallest absolute Gasteiger partial charge is 0.175 e. The average Bonchev–Trinajstić information content (AvgIpc) is 2.62. The molecule has 1 aromatic heterocycles. The summed E-state index contributed by atoms with van der Waals surface area (Å²) in [7, 11) is -1.65. The highest BCUT2D eigenvalue weighted by atomic mass is 32.2. The number of sulfone groups is 1. The zero-order valence-corrected chi connectivity index (χ0v) is 14.8. The summed E-state index contributed by atoms with van der Waals surface area (Å²) in [5, 5.41) is 3.91. The Kier molecular flexibility index (Phi) is 4.96. The third-order valence-corrected chi connectivity index (χ3v) is 5.06. The van der Waals surface area contributed by atoms with Crippen LogP contribution in [0.2, 0.25) is 0 Å². The minimum atomic E-state index is -3.30. The Morgan fingerprint density at radius 3 is 2.56 bits per heavy atom. The Morgan fingerprint density at radius 2 is 1.88 bits per heavy atom. The van der Waals surface area contributed by atoms with Gasteiger partial charge >= 0.3 is 0 Å². The number of hydrogen-bond donors (Lipinski definition) is 1. The molecular weight excluding hydrogens is 338 g/mol. The van der Waals surface area contributed by atoms with Gasteiger partial charge in [-0.3, -0.25) is 0 Å². The van der Waals surface area contributed by atoms with Gasteiger partial charge in [-0.15, -0.1) is 0 Å². The van der Waals surface area contributed by atoms with Gasteiger partial charge in [-0.2, -0.15) is 0 Å². The van der Waals surface area contributed by atoms with Crippen molar-refractivity contribution in [2.75, 3.05) is 25.2 Å². The Morgan fingerprint density at radius 1 is 1.12 bits per heavy atom.